The van der Waals surface area contributed by atoms with Crippen molar-refractivity contribution < 1.29 is 47.2 Å². The van der Waals surface area contributed by atoms with E-state index in [1.807, 2.05) is 68.3 Å². The van der Waals surface area contributed by atoms with Crippen LogP contribution in [0.1, 0.15) is 0 Å². The van der Waals surface area contributed by atoms with Gasteiger partial charge in [-0.25, -0.2) is 0 Å². The zero-order valence-electron chi connectivity index (χ0n) is 19.9. The van der Waals surface area contributed by atoms with Gasteiger partial charge in [0, 0.05) is 45.4 Å². The number of ether oxygens (including phenoxy) is 2. The minimum absolute atomic E-state index is 0. The van der Waals surface area contributed by atoms with E-state index in [0.717, 1.165) is 28.4 Å². The molecule has 0 saturated carbocycles. The summed E-state index contributed by atoms with van der Waals surface area (Å²) in [6.45, 7) is 0. The fraction of sp³-hybridized carbons (Fsp3) is 0.250. The molecule has 0 atom stereocenters. The normalized spacial score (nSPS) is 9.74. The quantitative estimate of drug-likeness (QED) is 0.370. The molecule has 5 nitrogen and oxygen atoms in total. The maximum Gasteiger partial charge on any atom is 1.00 e. The van der Waals surface area contributed by atoms with E-state index in [9.17, 15) is 0 Å². The molecule has 0 amide bonds. The van der Waals surface area contributed by atoms with Crippen molar-refractivity contribution in [3.8, 4) is 11.5 Å². The second kappa shape index (κ2) is 12.0. The molecule has 3 rings (SSSR count). The SMILES string of the molecule is COc1[c-]c(N(c2[c-]c(OC)cc(N(C)C)c2)c2ccccc2)cc(N(C)C)c1.[Li+].[Li+]. The maximum absolute atomic E-state index is 5.52. The van der Waals surface area contributed by atoms with Gasteiger partial charge >= 0.3 is 37.7 Å². The Morgan fingerprint density at radius 1 is 0.613 bits per heavy atom. The van der Waals surface area contributed by atoms with Gasteiger partial charge in [-0.1, -0.05) is 40.9 Å². The van der Waals surface area contributed by atoms with E-state index >= 15 is 0 Å². The topological polar surface area (TPSA) is 28.2 Å². The van der Waals surface area contributed by atoms with Gasteiger partial charge in [0.2, 0.25) is 0 Å². The zero-order chi connectivity index (χ0) is 21.0. The molecule has 0 heterocycles. The van der Waals surface area contributed by atoms with Crippen LogP contribution in [-0.2, 0) is 0 Å². The Hall–Kier alpha value is -2.15. The van der Waals surface area contributed by atoms with Gasteiger partial charge in [-0.3, -0.25) is 0 Å². The summed E-state index contributed by atoms with van der Waals surface area (Å²) in [4.78, 5) is 6.19. The molecule has 0 spiro atoms. The van der Waals surface area contributed by atoms with Crippen molar-refractivity contribution in [1.82, 2.24) is 0 Å². The van der Waals surface area contributed by atoms with E-state index < -0.39 is 0 Å². The van der Waals surface area contributed by atoms with Crippen LogP contribution in [-0.4, -0.2) is 42.4 Å². The first-order valence-corrected chi connectivity index (χ1v) is 9.35. The molecule has 0 aliphatic carbocycles. The van der Waals surface area contributed by atoms with Gasteiger partial charge in [0.15, 0.2) is 0 Å². The average molecular weight is 403 g/mol. The Kier molecular flexibility index (Phi) is 10.4. The molecule has 7 heteroatoms. The van der Waals surface area contributed by atoms with Gasteiger partial charge in [0.05, 0.1) is 14.2 Å². The number of hydrogen-bond donors (Lipinski definition) is 0. The van der Waals surface area contributed by atoms with Crippen molar-refractivity contribution >= 4 is 28.4 Å². The van der Waals surface area contributed by atoms with Crippen molar-refractivity contribution in [2.45, 2.75) is 0 Å². The largest absolute Gasteiger partial charge is 1.00 e. The van der Waals surface area contributed by atoms with Crippen molar-refractivity contribution in [2.24, 2.45) is 0 Å². The minimum atomic E-state index is 0. The molecule has 3 aromatic rings. The van der Waals surface area contributed by atoms with Crippen molar-refractivity contribution in [2.75, 3.05) is 57.1 Å². The van der Waals surface area contributed by atoms with Crippen LogP contribution in [0.2, 0.25) is 0 Å². The number of benzene rings is 3. The molecular formula is C24H27Li2N3O2. The summed E-state index contributed by atoms with van der Waals surface area (Å²) >= 11 is 0. The molecule has 0 unspecified atom stereocenters. The first-order chi connectivity index (χ1) is 13.9. The first-order valence-electron chi connectivity index (χ1n) is 9.35. The monoisotopic (exact) mass is 403 g/mol. The number of hydrogen-bond acceptors (Lipinski definition) is 5. The number of methoxy groups -OCH3 is 2. The van der Waals surface area contributed by atoms with Crippen molar-refractivity contribution in [1.29, 1.82) is 0 Å². The summed E-state index contributed by atoms with van der Waals surface area (Å²) in [5.41, 5.74) is 4.75. The van der Waals surface area contributed by atoms with Crippen LogP contribution in [0.3, 0.4) is 0 Å². The van der Waals surface area contributed by atoms with Crippen molar-refractivity contribution in [3.05, 3.63) is 66.7 Å². The zero-order valence-corrected chi connectivity index (χ0v) is 19.9. The minimum Gasteiger partial charge on any atom is -0.522 e. The van der Waals surface area contributed by atoms with Gasteiger partial charge in [0.1, 0.15) is 0 Å². The van der Waals surface area contributed by atoms with Gasteiger partial charge < -0.3 is 24.2 Å². The summed E-state index contributed by atoms with van der Waals surface area (Å²) in [5, 5.41) is 0. The second-order valence-electron chi connectivity index (χ2n) is 7.04. The number of nitrogens with zero attached hydrogens (tertiary/aromatic N) is 3. The summed E-state index contributed by atoms with van der Waals surface area (Å²) in [7, 11) is 11.3. The number of rotatable bonds is 7. The smallest absolute Gasteiger partial charge is 0.522 e. The third-order valence-electron chi connectivity index (χ3n) is 4.60. The predicted molar refractivity (Wildman–Crippen MR) is 121 cm³/mol. The van der Waals surface area contributed by atoms with E-state index in [2.05, 4.69) is 41.3 Å². The molecule has 0 aliphatic heterocycles. The van der Waals surface area contributed by atoms with Gasteiger partial charge in [-0.2, -0.15) is 0 Å². The number of para-hydroxylation sites is 1. The second-order valence-corrected chi connectivity index (χ2v) is 7.04. The maximum atomic E-state index is 5.52. The molecule has 31 heavy (non-hydrogen) atoms. The number of anilines is 5. The van der Waals surface area contributed by atoms with Crippen LogP contribution < -0.4 is 61.9 Å². The molecule has 0 bridgehead atoms. The molecule has 3 aromatic carbocycles. The van der Waals surface area contributed by atoms with E-state index in [4.69, 9.17) is 9.47 Å². The van der Waals surface area contributed by atoms with E-state index in [1.165, 1.54) is 0 Å². The molecule has 0 N–H and O–H groups in total. The summed E-state index contributed by atoms with van der Waals surface area (Å²) in [6, 6.07) is 25.0. The Morgan fingerprint density at radius 3 is 1.39 bits per heavy atom. The Morgan fingerprint density at radius 2 is 1.03 bits per heavy atom. The molecule has 0 saturated heterocycles. The molecule has 0 aromatic heterocycles. The van der Waals surface area contributed by atoms with Crippen LogP contribution in [0, 0.1) is 12.1 Å². The third-order valence-corrected chi connectivity index (χ3v) is 4.60. The fourth-order valence-corrected chi connectivity index (χ4v) is 2.99. The van der Waals surface area contributed by atoms with Crippen LogP contribution in [0.4, 0.5) is 28.4 Å². The Balaban J connectivity index is 0.00000240. The standard InChI is InChI=1S/C24H27N3O2.2Li/c1-25(2)19-12-21(16-23(14-19)28-5)27(18-10-8-7-9-11-18)22-13-20(26(3)4)15-24(17-22)29-6;;/h7-15H,1-6H3;;/q-2;2*+1. The van der Waals surface area contributed by atoms with Gasteiger partial charge in [-0.05, 0) is 12.1 Å². The summed E-state index contributed by atoms with van der Waals surface area (Å²) in [5.74, 6) is 1.34. The molecule has 0 aliphatic rings. The van der Waals surface area contributed by atoms with E-state index in [-0.39, 0.29) is 37.7 Å². The average Bonchev–Trinajstić information content (AvgIpc) is 2.74. The predicted octanol–water partition coefficient (Wildman–Crippen LogP) is -1.09. The van der Waals surface area contributed by atoms with Crippen LogP contribution in [0.25, 0.3) is 0 Å². The Bertz CT molecular complexity index is 907. The van der Waals surface area contributed by atoms with E-state index in [0.29, 0.717) is 11.5 Å². The molecule has 152 valence electrons. The van der Waals surface area contributed by atoms with Crippen LogP contribution >= 0.6 is 0 Å². The summed E-state index contributed by atoms with van der Waals surface area (Å²) < 4.78 is 11.0. The van der Waals surface area contributed by atoms with Gasteiger partial charge in [0.25, 0.3) is 0 Å². The third kappa shape index (κ3) is 6.42. The van der Waals surface area contributed by atoms with Gasteiger partial charge in [-0.15, -0.1) is 36.4 Å². The molecule has 0 radical (unpaired) electrons. The van der Waals surface area contributed by atoms with Crippen LogP contribution in [0.15, 0.2) is 54.6 Å². The molecule has 0 fully saturated rings. The van der Waals surface area contributed by atoms with Crippen molar-refractivity contribution in [3.63, 3.8) is 0 Å². The summed E-state index contributed by atoms with van der Waals surface area (Å²) in [6.07, 6.45) is 0. The van der Waals surface area contributed by atoms with Crippen LogP contribution in [0.5, 0.6) is 11.5 Å². The molecular weight excluding hydrogens is 376 g/mol. The van der Waals surface area contributed by atoms with E-state index in [1.54, 1.807) is 14.2 Å². The first kappa shape index (κ1) is 26.9. The Labute approximate surface area is 210 Å². The fourth-order valence-electron chi connectivity index (χ4n) is 2.99.